The third kappa shape index (κ3) is 5.89. The summed E-state index contributed by atoms with van der Waals surface area (Å²) in [6.45, 7) is 2.60. The number of rotatable bonds is 7. The highest BCUT2D eigenvalue weighted by atomic mass is 35.5. The van der Waals surface area contributed by atoms with Gasteiger partial charge in [0.25, 0.3) is 0 Å². The quantitative estimate of drug-likeness (QED) is 0.716. The van der Waals surface area contributed by atoms with Gasteiger partial charge < -0.3 is 20.3 Å². The molecular formula is C12H17Cl2NO3. The topological polar surface area (TPSA) is 61.7 Å². The fraction of sp³-hybridized carbons (Fsp3) is 0.500. The molecule has 0 bridgehead atoms. The molecule has 18 heavy (non-hydrogen) atoms. The van der Waals surface area contributed by atoms with Crippen molar-refractivity contribution in [2.75, 3.05) is 19.7 Å². The molecule has 0 amide bonds. The summed E-state index contributed by atoms with van der Waals surface area (Å²) in [5, 5.41) is 22.4. The van der Waals surface area contributed by atoms with Gasteiger partial charge in [-0.3, -0.25) is 0 Å². The number of ether oxygens (including phenoxy) is 1. The van der Waals surface area contributed by atoms with Gasteiger partial charge in [0.2, 0.25) is 0 Å². The Labute approximate surface area is 116 Å². The smallest absolute Gasteiger partial charge is 0.121 e. The van der Waals surface area contributed by atoms with Crippen molar-refractivity contribution in [1.82, 2.24) is 5.32 Å². The third-order valence-electron chi connectivity index (χ3n) is 2.15. The van der Waals surface area contributed by atoms with Gasteiger partial charge in [0.05, 0.1) is 16.1 Å². The molecule has 0 aliphatic rings. The largest absolute Gasteiger partial charge is 0.491 e. The van der Waals surface area contributed by atoms with E-state index in [1.165, 1.54) is 0 Å². The van der Waals surface area contributed by atoms with Crippen LogP contribution in [0.1, 0.15) is 6.92 Å². The zero-order valence-corrected chi connectivity index (χ0v) is 11.6. The van der Waals surface area contributed by atoms with E-state index in [4.69, 9.17) is 33.0 Å². The summed E-state index contributed by atoms with van der Waals surface area (Å²) in [6, 6.07) is 4.92. The van der Waals surface area contributed by atoms with Crippen molar-refractivity contribution in [2.24, 2.45) is 0 Å². The average Bonchev–Trinajstić information content (AvgIpc) is 2.30. The molecule has 0 aromatic heterocycles. The fourth-order valence-corrected chi connectivity index (χ4v) is 1.56. The van der Waals surface area contributed by atoms with Crippen LogP contribution in [0.25, 0.3) is 0 Å². The Morgan fingerprint density at radius 3 is 2.56 bits per heavy atom. The standard InChI is InChI=1S/C12H17Cl2NO3/c1-8(16)5-15-6-9(17)7-18-10-2-3-11(13)12(14)4-10/h2-4,8-9,15-17H,5-7H2,1H3. The van der Waals surface area contributed by atoms with E-state index in [0.29, 0.717) is 28.9 Å². The highest BCUT2D eigenvalue weighted by Crippen LogP contribution is 2.26. The lowest BCUT2D eigenvalue weighted by atomic mass is 10.3. The number of hydrogen-bond donors (Lipinski definition) is 3. The lowest BCUT2D eigenvalue weighted by Crippen LogP contribution is -2.35. The minimum atomic E-state index is -0.654. The number of benzene rings is 1. The third-order valence-corrected chi connectivity index (χ3v) is 2.89. The molecule has 1 rings (SSSR count). The summed E-state index contributed by atoms with van der Waals surface area (Å²) in [4.78, 5) is 0. The number of halogens is 2. The molecule has 3 N–H and O–H groups in total. The van der Waals surface area contributed by atoms with Gasteiger partial charge in [0.15, 0.2) is 0 Å². The van der Waals surface area contributed by atoms with Crippen LogP contribution in [0.5, 0.6) is 5.75 Å². The van der Waals surface area contributed by atoms with Crippen molar-refractivity contribution in [1.29, 1.82) is 0 Å². The molecule has 0 aliphatic heterocycles. The predicted molar refractivity (Wildman–Crippen MR) is 72.5 cm³/mol. The van der Waals surface area contributed by atoms with E-state index in [1.54, 1.807) is 25.1 Å². The van der Waals surface area contributed by atoms with Crippen LogP contribution in [0.4, 0.5) is 0 Å². The zero-order valence-electron chi connectivity index (χ0n) is 10.1. The average molecular weight is 294 g/mol. The Hall–Kier alpha value is -0.520. The predicted octanol–water partition coefficient (Wildman–Crippen LogP) is 1.70. The molecule has 0 fully saturated rings. The summed E-state index contributed by atoms with van der Waals surface area (Å²) < 4.78 is 5.37. The van der Waals surface area contributed by atoms with Gasteiger partial charge in [-0.15, -0.1) is 0 Å². The highest BCUT2D eigenvalue weighted by Gasteiger charge is 2.06. The first-order valence-corrected chi connectivity index (χ1v) is 6.39. The van der Waals surface area contributed by atoms with E-state index in [9.17, 15) is 5.11 Å². The molecule has 4 nitrogen and oxygen atoms in total. The molecule has 2 atom stereocenters. The first-order chi connectivity index (χ1) is 8.49. The van der Waals surface area contributed by atoms with E-state index in [2.05, 4.69) is 5.32 Å². The maximum atomic E-state index is 9.62. The monoisotopic (exact) mass is 293 g/mol. The van der Waals surface area contributed by atoms with Crippen molar-refractivity contribution >= 4 is 23.2 Å². The van der Waals surface area contributed by atoms with Crippen molar-refractivity contribution in [3.8, 4) is 5.75 Å². The lowest BCUT2D eigenvalue weighted by Gasteiger charge is -2.14. The van der Waals surface area contributed by atoms with Gasteiger partial charge in [0, 0.05) is 19.2 Å². The van der Waals surface area contributed by atoms with E-state index in [1.807, 2.05) is 0 Å². The van der Waals surface area contributed by atoms with Crippen LogP contribution >= 0.6 is 23.2 Å². The molecule has 0 radical (unpaired) electrons. The van der Waals surface area contributed by atoms with Crippen LogP contribution < -0.4 is 10.1 Å². The molecule has 2 unspecified atom stereocenters. The van der Waals surface area contributed by atoms with Crippen molar-refractivity contribution < 1.29 is 14.9 Å². The lowest BCUT2D eigenvalue weighted by molar-refractivity contribution is 0.101. The fourth-order valence-electron chi connectivity index (χ4n) is 1.28. The highest BCUT2D eigenvalue weighted by molar-refractivity contribution is 6.42. The summed E-state index contributed by atoms with van der Waals surface area (Å²) in [5.74, 6) is 0.555. The summed E-state index contributed by atoms with van der Waals surface area (Å²) in [5.41, 5.74) is 0. The van der Waals surface area contributed by atoms with Gasteiger partial charge in [-0.05, 0) is 19.1 Å². The summed E-state index contributed by atoms with van der Waals surface area (Å²) in [6.07, 6.45) is -1.09. The van der Waals surface area contributed by atoms with Crippen molar-refractivity contribution in [2.45, 2.75) is 19.1 Å². The molecule has 6 heteroatoms. The molecule has 0 saturated heterocycles. The first kappa shape index (κ1) is 15.5. The van der Waals surface area contributed by atoms with Gasteiger partial charge >= 0.3 is 0 Å². The minimum Gasteiger partial charge on any atom is -0.491 e. The summed E-state index contributed by atoms with van der Waals surface area (Å²) in [7, 11) is 0. The molecule has 0 heterocycles. The molecule has 102 valence electrons. The Bertz CT molecular complexity index is 374. The van der Waals surface area contributed by atoms with E-state index >= 15 is 0 Å². The second-order valence-corrected chi connectivity index (χ2v) is 4.86. The molecule has 0 spiro atoms. The SMILES string of the molecule is CC(O)CNCC(O)COc1ccc(Cl)c(Cl)c1. The molecular weight excluding hydrogens is 277 g/mol. The Morgan fingerprint density at radius 1 is 1.22 bits per heavy atom. The molecule has 0 saturated carbocycles. The number of aliphatic hydroxyl groups excluding tert-OH is 2. The number of hydrogen-bond acceptors (Lipinski definition) is 4. The maximum absolute atomic E-state index is 9.62. The molecule has 0 aliphatic carbocycles. The first-order valence-electron chi connectivity index (χ1n) is 5.63. The molecule has 1 aromatic rings. The Morgan fingerprint density at radius 2 is 1.94 bits per heavy atom. The Balaban J connectivity index is 2.29. The zero-order chi connectivity index (χ0) is 13.5. The second-order valence-electron chi connectivity index (χ2n) is 4.05. The van der Waals surface area contributed by atoms with Gasteiger partial charge in [0.1, 0.15) is 18.5 Å². The van der Waals surface area contributed by atoms with Gasteiger partial charge in [-0.25, -0.2) is 0 Å². The molecule has 1 aromatic carbocycles. The van der Waals surface area contributed by atoms with Gasteiger partial charge in [-0.1, -0.05) is 23.2 Å². The van der Waals surface area contributed by atoms with Crippen LogP contribution in [0, 0.1) is 0 Å². The van der Waals surface area contributed by atoms with E-state index in [-0.39, 0.29) is 6.61 Å². The van der Waals surface area contributed by atoms with Crippen LogP contribution in [-0.2, 0) is 0 Å². The Kier molecular flexibility index (Phi) is 6.75. The van der Waals surface area contributed by atoms with Crippen LogP contribution in [-0.4, -0.2) is 42.1 Å². The second kappa shape index (κ2) is 7.81. The maximum Gasteiger partial charge on any atom is 0.121 e. The number of nitrogens with one attached hydrogen (secondary N) is 1. The van der Waals surface area contributed by atoms with Crippen molar-refractivity contribution in [3.05, 3.63) is 28.2 Å². The number of aliphatic hydroxyl groups is 2. The minimum absolute atomic E-state index is 0.144. The normalized spacial score (nSPS) is 14.3. The van der Waals surface area contributed by atoms with E-state index < -0.39 is 12.2 Å². The van der Waals surface area contributed by atoms with Crippen LogP contribution in [0.3, 0.4) is 0 Å². The van der Waals surface area contributed by atoms with Crippen LogP contribution in [0.2, 0.25) is 10.0 Å². The summed E-state index contributed by atoms with van der Waals surface area (Å²) >= 11 is 11.6. The van der Waals surface area contributed by atoms with Gasteiger partial charge in [-0.2, -0.15) is 0 Å². The van der Waals surface area contributed by atoms with E-state index in [0.717, 1.165) is 0 Å². The van der Waals surface area contributed by atoms with Crippen molar-refractivity contribution in [3.63, 3.8) is 0 Å². The van der Waals surface area contributed by atoms with Crippen LogP contribution in [0.15, 0.2) is 18.2 Å².